The van der Waals surface area contributed by atoms with Crippen molar-refractivity contribution in [1.82, 2.24) is 24.5 Å². The Bertz CT molecular complexity index is 1520. The first-order chi connectivity index (χ1) is 18.8. The van der Waals surface area contributed by atoms with Crippen LogP contribution in [0.5, 0.6) is 0 Å². The Kier molecular flexibility index (Phi) is 10.0. The summed E-state index contributed by atoms with van der Waals surface area (Å²) in [5.74, 6) is 1.81. The quantitative estimate of drug-likeness (QED) is 0.148. The maximum atomic E-state index is 12.5. The Morgan fingerprint density at radius 3 is 2.46 bits per heavy atom. The molecule has 11 heteroatoms. The van der Waals surface area contributed by atoms with Crippen molar-refractivity contribution in [3.63, 3.8) is 0 Å². The fourth-order valence-corrected chi connectivity index (χ4v) is 5.87. The van der Waals surface area contributed by atoms with Gasteiger partial charge in [0.2, 0.25) is 5.91 Å². The Labute approximate surface area is 242 Å². The Morgan fingerprint density at radius 2 is 1.69 bits per heavy atom. The Balaban J connectivity index is 1.18. The molecular weight excluding hydrogens is 555 g/mol. The second-order valence-electron chi connectivity index (χ2n) is 9.47. The molecule has 0 N–H and O–H groups in total. The molecule has 39 heavy (non-hydrogen) atoms. The molecule has 0 aliphatic heterocycles. The Hall–Kier alpha value is -2.88. The van der Waals surface area contributed by atoms with Gasteiger partial charge in [0.15, 0.2) is 5.16 Å². The summed E-state index contributed by atoms with van der Waals surface area (Å²) in [5, 5.41) is 16.6. The van der Waals surface area contributed by atoms with Crippen molar-refractivity contribution >= 4 is 57.3 Å². The van der Waals surface area contributed by atoms with Crippen LogP contribution in [-0.2, 0) is 25.3 Å². The number of aryl methyl sites for hydroxylation is 1. The highest BCUT2D eigenvalue weighted by molar-refractivity contribution is 7.99. The van der Waals surface area contributed by atoms with Gasteiger partial charge < -0.3 is 9.47 Å². The summed E-state index contributed by atoms with van der Waals surface area (Å²) < 4.78 is 3.38. The van der Waals surface area contributed by atoms with Gasteiger partial charge in [-0.05, 0) is 37.1 Å². The molecule has 2 aromatic carbocycles. The minimum Gasteiger partial charge on any atom is -0.314 e. The molecule has 0 aliphatic rings. The van der Waals surface area contributed by atoms with Crippen molar-refractivity contribution in [2.45, 2.75) is 50.1 Å². The first-order valence-corrected chi connectivity index (χ1v) is 14.7. The average molecular weight is 588 g/mol. The Morgan fingerprint density at radius 1 is 0.974 bits per heavy atom. The van der Waals surface area contributed by atoms with E-state index in [-0.39, 0.29) is 11.5 Å². The van der Waals surface area contributed by atoms with Gasteiger partial charge in [-0.15, -0.1) is 10.2 Å². The van der Waals surface area contributed by atoms with Gasteiger partial charge in [-0.1, -0.05) is 72.4 Å². The number of aromatic nitrogens is 5. The number of unbranched alkanes of at least 4 members (excludes halogenated alkanes) is 4. The first-order valence-electron chi connectivity index (χ1n) is 12.9. The van der Waals surface area contributed by atoms with Gasteiger partial charge in [0.1, 0.15) is 5.82 Å². The number of anilines is 1. The molecule has 2 heterocycles. The molecule has 0 unspecified atom stereocenters. The summed E-state index contributed by atoms with van der Waals surface area (Å²) in [6.45, 7) is 0. The normalized spacial score (nSPS) is 11.3. The van der Waals surface area contributed by atoms with Crippen molar-refractivity contribution in [2.24, 2.45) is 14.1 Å². The molecule has 4 rings (SSSR count). The number of hydrogen-bond acceptors (Lipinski definition) is 6. The van der Waals surface area contributed by atoms with Crippen molar-refractivity contribution in [3.05, 3.63) is 74.4 Å². The zero-order valence-corrected chi connectivity index (χ0v) is 24.7. The van der Waals surface area contributed by atoms with Gasteiger partial charge in [-0.25, -0.2) is 4.68 Å². The molecule has 0 fully saturated rings. The number of hydrogen-bond donors (Lipinski definition) is 0. The van der Waals surface area contributed by atoms with Crippen LogP contribution in [0.15, 0.2) is 52.4 Å². The second-order valence-corrected chi connectivity index (χ2v) is 11.4. The molecule has 2 aromatic heterocycles. The van der Waals surface area contributed by atoms with Crippen molar-refractivity contribution < 1.29 is 4.79 Å². The molecule has 206 valence electrons. The van der Waals surface area contributed by atoms with Gasteiger partial charge in [0.05, 0.1) is 28.2 Å². The number of amides is 1. The van der Waals surface area contributed by atoms with Crippen LogP contribution in [0.2, 0.25) is 10.0 Å². The fourth-order valence-electron chi connectivity index (χ4n) is 4.41. The standard InChI is InChI=1S/C28H32Cl2N6O2S/c1-34(24-15-14-19(29)17-22(24)30)26(37)13-7-5-4-6-10-16-39-28-32-31-25(35(28)2)18-23-20-11-8-9-12-21(20)27(38)36(3)33-23/h8-9,11-12,14-15,17H,4-7,10,13,16,18H2,1-3H3. The van der Waals surface area contributed by atoms with E-state index >= 15 is 0 Å². The summed E-state index contributed by atoms with van der Waals surface area (Å²) in [7, 11) is 5.38. The van der Waals surface area contributed by atoms with Gasteiger partial charge in [0, 0.05) is 43.7 Å². The van der Waals surface area contributed by atoms with Crippen LogP contribution in [0.3, 0.4) is 0 Å². The van der Waals surface area contributed by atoms with Crippen LogP contribution >= 0.6 is 35.0 Å². The predicted octanol–water partition coefficient (Wildman–Crippen LogP) is 6.06. The van der Waals surface area contributed by atoms with Crippen molar-refractivity contribution in [1.29, 1.82) is 0 Å². The highest BCUT2D eigenvalue weighted by atomic mass is 35.5. The number of benzene rings is 2. The lowest BCUT2D eigenvalue weighted by molar-refractivity contribution is -0.118. The topological polar surface area (TPSA) is 85.9 Å². The molecule has 8 nitrogen and oxygen atoms in total. The number of rotatable bonds is 12. The zero-order chi connectivity index (χ0) is 27.9. The van der Waals surface area contributed by atoms with E-state index in [1.165, 1.54) is 4.68 Å². The van der Waals surface area contributed by atoms with Crippen LogP contribution in [-0.4, -0.2) is 43.3 Å². The number of halogens is 2. The highest BCUT2D eigenvalue weighted by Crippen LogP contribution is 2.28. The van der Waals surface area contributed by atoms with E-state index < -0.39 is 0 Å². The van der Waals surface area contributed by atoms with E-state index in [0.717, 1.165) is 59.9 Å². The molecule has 1 amide bonds. The number of fused-ring (bicyclic) bond motifs is 1. The average Bonchev–Trinajstić information content (AvgIpc) is 3.26. The molecule has 0 spiro atoms. The molecule has 0 saturated carbocycles. The largest absolute Gasteiger partial charge is 0.314 e. The van der Waals surface area contributed by atoms with Crippen LogP contribution in [0.1, 0.15) is 50.0 Å². The van der Waals surface area contributed by atoms with E-state index in [0.29, 0.717) is 34.0 Å². The number of nitrogens with zero attached hydrogens (tertiary/aromatic N) is 6. The molecule has 0 saturated heterocycles. The smallest absolute Gasteiger partial charge is 0.274 e. The minimum absolute atomic E-state index is 0.0498. The third kappa shape index (κ3) is 7.21. The van der Waals surface area contributed by atoms with Crippen LogP contribution < -0.4 is 10.5 Å². The zero-order valence-electron chi connectivity index (χ0n) is 22.4. The maximum absolute atomic E-state index is 12.5. The summed E-state index contributed by atoms with van der Waals surface area (Å²) in [4.78, 5) is 26.5. The third-order valence-corrected chi connectivity index (χ3v) is 8.34. The van der Waals surface area contributed by atoms with E-state index in [2.05, 4.69) is 15.3 Å². The van der Waals surface area contributed by atoms with E-state index in [1.54, 1.807) is 49.0 Å². The summed E-state index contributed by atoms with van der Waals surface area (Å²) >= 11 is 13.9. The van der Waals surface area contributed by atoms with Crippen LogP contribution in [0.4, 0.5) is 5.69 Å². The van der Waals surface area contributed by atoms with E-state index in [9.17, 15) is 9.59 Å². The summed E-state index contributed by atoms with van der Waals surface area (Å²) in [5.41, 5.74) is 1.38. The first kappa shape index (κ1) is 29.1. The van der Waals surface area contributed by atoms with Gasteiger partial charge in [-0.3, -0.25) is 9.59 Å². The van der Waals surface area contributed by atoms with Gasteiger partial charge >= 0.3 is 0 Å². The third-order valence-electron chi connectivity index (χ3n) is 6.69. The van der Waals surface area contributed by atoms with Gasteiger partial charge in [0.25, 0.3) is 5.56 Å². The number of carbonyl (C=O) groups is 1. The highest BCUT2D eigenvalue weighted by Gasteiger charge is 2.15. The second kappa shape index (κ2) is 13.5. The lowest BCUT2D eigenvalue weighted by Gasteiger charge is -2.18. The summed E-state index contributed by atoms with van der Waals surface area (Å²) in [6.07, 6.45) is 6.08. The lowest BCUT2D eigenvalue weighted by atomic mass is 10.1. The molecule has 0 aliphatic carbocycles. The molecule has 0 atom stereocenters. The summed E-state index contributed by atoms with van der Waals surface area (Å²) in [6, 6.07) is 12.7. The van der Waals surface area contributed by atoms with E-state index in [4.69, 9.17) is 23.2 Å². The van der Waals surface area contributed by atoms with Crippen molar-refractivity contribution in [2.75, 3.05) is 17.7 Å². The predicted molar refractivity (Wildman–Crippen MR) is 159 cm³/mol. The number of thioether (sulfide) groups is 1. The molecule has 0 bridgehead atoms. The number of carbonyl (C=O) groups excluding carboxylic acids is 1. The lowest BCUT2D eigenvalue weighted by Crippen LogP contribution is -2.26. The molecule has 4 aromatic rings. The molecule has 0 radical (unpaired) electrons. The van der Waals surface area contributed by atoms with Crippen LogP contribution in [0, 0.1) is 0 Å². The van der Waals surface area contributed by atoms with Gasteiger partial charge in [-0.2, -0.15) is 5.10 Å². The SMILES string of the molecule is CN(C(=O)CCCCCCCSc1nnc(Cc2nn(C)c(=O)c3ccccc23)n1C)c1ccc(Cl)cc1Cl. The molecular formula is C28H32Cl2N6O2S. The maximum Gasteiger partial charge on any atom is 0.274 e. The minimum atomic E-state index is -0.106. The van der Waals surface area contributed by atoms with Crippen molar-refractivity contribution in [3.8, 4) is 0 Å². The monoisotopic (exact) mass is 586 g/mol. The fraction of sp³-hybridized carbons (Fsp3) is 0.393. The van der Waals surface area contributed by atoms with Crippen LogP contribution in [0.25, 0.3) is 10.8 Å². The van der Waals surface area contributed by atoms with E-state index in [1.807, 2.05) is 35.9 Å².